The maximum atomic E-state index is 13.1. The second kappa shape index (κ2) is 9.99. The largest absolute Gasteiger partial charge is 0.492 e. The molecule has 1 fully saturated rings. The fourth-order valence-corrected chi connectivity index (χ4v) is 4.68. The van der Waals surface area contributed by atoms with Crippen LogP contribution in [0.2, 0.25) is 0 Å². The molecule has 0 radical (unpaired) electrons. The Morgan fingerprint density at radius 2 is 1.71 bits per heavy atom. The van der Waals surface area contributed by atoms with Crippen LogP contribution in [0.25, 0.3) is 0 Å². The van der Waals surface area contributed by atoms with Gasteiger partial charge in [-0.05, 0) is 42.9 Å². The van der Waals surface area contributed by atoms with Crippen molar-refractivity contribution in [2.75, 3.05) is 46.5 Å². The molecule has 2 aromatic carbocycles. The number of benzene rings is 2. The second-order valence-corrected chi connectivity index (χ2v) is 9.17. The number of alkyl halides is 3. The summed E-state index contributed by atoms with van der Waals surface area (Å²) in [6.07, 6.45) is -4.39. The number of likely N-dealkylation sites (N-methyl/N-ethyl adjacent to an activating group) is 1. The first-order valence-corrected chi connectivity index (χ1v) is 11.3. The van der Waals surface area contributed by atoms with Crippen LogP contribution in [0.1, 0.15) is 11.1 Å². The van der Waals surface area contributed by atoms with Crippen LogP contribution < -0.4 is 4.74 Å². The zero-order valence-electron chi connectivity index (χ0n) is 17.1. The Hall–Kier alpha value is -2.14. The molecule has 0 spiro atoms. The third-order valence-electron chi connectivity index (χ3n) is 4.94. The van der Waals surface area contributed by atoms with Crippen molar-refractivity contribution in [3.05, 3.63) is 59.7 Å². The van der Waals surface area contributed by atoms with E-state index in [-0.39, 0.29) is 23.6 Å². The zero-order valence-corrected chi connectivity index (χ0v) is 18.0. The smallest absolute Gasteiger partial charge is 0.416 e. The van der Waals surface area contributed by atoms with Gasteiger partial charge in [0.2, 0.25) is 10.0 Å². The molecule has 2 aromatic rings. The van der Waals surface area contributed by atoms with Crippen molar-refractivity contribution in [1.29, 1.82) is 0 Å². The van der Waals surface area contributed by atoms with Gasteiger partial charge in [-0.3, -0.25) is 4.90 Å². The third-order valence-corrected chi connectivity index (χ3v) is 6.85. The maximum absolute atomic E-state index is 13.1. The highest BCUT2D eigenvalue weighted by Gasteiger charge is 2.33. The predicted octanol–water partition coefficient (Wildman–Crippen LogP) is 3.24. The van der Waals surface area contributed by atoms with Crippen molar-refractivity contribution in [3.8, 4) is 5.75 Å². The van der Waals surface area contributed by atoms with Crippen LogP contribution >= 0.6 is 0 Å². The highest BCUT2D eigenvalue weighted by Crippen LogP contribution is 2.32. The van der Waals surface area contributed by atoms with E-state index in [0.29, 0.717) is 38.6 Å². The first-order valence-electron chi connectivity index (χ1n) is 9.82. The molecule has 31 heavy (non-hydrogen) atoms. The van der Waals surface area contributed by atoms with Crippen LogP contribution in [0, 0.1) is 0 Å². The lowest BCUT2D eigenvalue weighted by atomic mass is 10.1. The number of rotatable bonds is 8. The lowest BCUT2D eigenvalue weighted by Crippen LogP contribution is -2.40. The number of halogens is 3. The monoisotopic (exact) mass is 458 g/mol. The van der Waals surface area contributed by atoms with Gasteiger partial charge < -0.3 is 9.47 Å². The molecule has 3 rings (SSSR count). The Labute approximate surface area is 180 Å². The maximum Gasteiger partial charge on any atom is 0.416 e. The van der Waals surface area contributed by atoms with Crippen molar-refractivity contribution in [2.24, 2.45) is 0 Å². The summed E-state index contributed by atoms with van der Waals surface area (Å²) in [4.78, 5) is 1.92. The molecule has 0 atom stereocenters. The molecule has 10 heteroatoms. The topological polar surface area (TPSA) is 59.1 Å². The van der Waals surface area contributed by atoms with Gasteiger partial charge in [-0.25, -0.2) is 8.42 Å². The number of ether oxygens (including phenoxy) is 2. The summed E-state index contributed by atoms with van der Waals surface area (Å²) in [7, 11) is -1.85. The van der Waals surface area contributed by atoms with Crippen molar-refractivity contribution in [1.82, 2.24) is 9.21 Å². The van der Waals surface area contributed by atoms with Gasteiger partial charge in [-0.15, -0.1) is 0 Å². The van der Waals surface area contributed by atoms with Gasteiger partial charge in [0.15, 0.2) is 0 Å². The van der Waals surface area contributed by atoms with E-state index in [1.54, 1.807) is 30.1 Å². The molecule has 0 unspecified atom stereocenters. The van der Waals surface area contributed by atoms with E-state index >= 15 is 0 Å². The molecule has 0 amide bonds. The standard InChI is InChI=1S/C21H25F3N2O4S/c1-25(16-17-4-2-3-5-20(17)21(22,23)24)10-15-30-18-6-8-19(9-7-18)31(27,28)26-11-13-29-14-12-26/h2-9H,10-16H2,1H3. The minimum atomic E-state index is -4.39. The highest BCUT2D eigenvalue weighted by atomic mass is 32.2. The molecule has 0 bridgehead atoms. The van der Waals surface area contributed by atoms with E-state index in [0.717, 1.165) is 6.07 Å². The Kier molecular flexibility index (Phi) is 7.58. The summed E-state index contributed by atoms with van der Waals surface area (Å²) < 4.78 is 76.8. The average Bonchev–Trinajstić information content (AvgIpc) is 2.74. The fourth-order valence-electron chi connectivity index (χ4n) is 3.27. The molecule has 0 aromatic heterocycles. The Morgan fingerprint density at radius 1 is 1.06 bits per heavy atom. The molecule has 0 N–H and O–H groups in total. The summed E-state index contributed by atoms with van der Waals surface area (Å²) in [5.74, 6) is 0.491. The molecule has 1 aliphatic rings. The Morgan fingerprint density at radius 3 is 2.35 bits per heavy atom. The SMILES string of the molecule is CN(CCOc1ccc(S(=O)(=O)N2CCOCC2)cc1)Cc1ccccc1C(F)(F)F. The molecule has 6 nitrogen and oxygen atoms in total. The van der Waals surface area contributed by atoms with Crippen LogP contribution in [0.4, 0.5) is 13.2 Å². The zero-order chi connectivity index (χ0) is 22.5. The first kappa shape index (κ1) is 23.5. The second-order valence-electron chi connectivity index (χ2n) is 7.23. The summed E-state index contributed by atoms with van der Waals surface area (Å²) in [6.45, 7) is 2.19. The van der Waals surface area contributed by atoms with E-state index in [9.17, 15) is 21.6 Å². The third kappa shape index (κ3) is 6.19. The average molecular weight is 459 g/mol. The molecule has 0 aliphatic carbocycles. The van der Waals surface area contributed by atoms with Crippen LogP contribution in [-0.2, 0) is 27.5 Å². The van der Waals surface area contributed by atoms with Gasteiger partial charge in [-0.1, -0.05) is 18.2 Å². The van der Waals surface area contributed by atoms with Crippen LogP contribution in [0.5, 0.6) is 5.75 Å². The van der Waals surface area contributed by atoms with Gasteiger partial charge in [0.05, 0.1) is 23.7 Å². The van der Waals surface area contributed by atoms with E-state index in [4.69, 9.17) is 9.47 Å². The first-order chi connectivity index (χ1) is 14.7. The normalized spacial score (nSPS) is 15.9. The van der Waals surface area contributed by atoms with E-state index in [2.05, 4.69) is 0 Å². The van der Waals surface area contributed by atoms with Crippen molar-refractivity contribution in [3.63, 3.8) is 0 Å². The van der Waals surface area contributed by atoms with E-state index in [1.165, 1.54) is 28.6 Å². The molecule has 1 aliphatic heterocycles. The minimum absolute atomic E-state index is 0.135. The van der Waals surface area contributed by atoms with Gasteiger partial charge in [-0.2, -0.15) is 17.5 Å². The van der Waals surface area contributed by atoms with Gasteiger partial charge in [0.1, 0.15) is 12.4 Å². The van der Waals surface area contributed by atoms with Crippen molar-refractivity contribution >= 4 is 10.0 Å². The molecular formula is C21H25F3N2O4S. The summed E-state index contributed by atoms with van der Waals surface area (Å²) in [6, 6.07) is 11.6. The van der Waals surface area contributed by atoms with Crippen molar-refractivity contribution in [2.45, 2.75) is 17.6 Å². The summed E-state index contributed by atoms with van der Waals surface area (Å²) in [5.41, 5.74) is -0.435. The highest BCUT2D eigenvalue weighted by molar-refractivity contribution is 7.89. The molecular weight excluding hydrogens is 433 g/mol. The van der Waals surface area contributed by atoms with Gasteiger partial charge in [0, 0.05) is 26.2 Å². The molecule has 0 saturated carbocycles. The predicted molar refractivity (Wildman–Crippen MR) is 109 cm³/mol. The van der Waals surface area contributed by atoms with E-state index < -0.39 is 21.8 Å². The quantitative estimate of drug-likeness (QED) is 0.608. The summed E-state index contributed by atoms with van der Waals surface area (Å²) >= 11 is 0. The lowest BCUT2D eigenvalue weighted by Gasteiger charge is -2.26. The molecule has 1 saturated heterocycles. The van der Waals surface area contributed by atoms with Gasteiger partial charge >= 0.3 is 6.18 Å². The molecule has 1 heterocycles. The molecule has 170 valence electrons. The number of morpholine rings is 1. The number of hydrogen-bond donors (Lipinski definition) is 0. The fraction of sp³-hybridized carbons (Fsp3) is 0.429. The van der Waals surface area contributed by atoms with Crippen LogP contribution in [0.15, 0.2) is 53.4 Å². The number of sulfonamides is 1. The summed E-state index contributed by atoms with van der Waals surface area (Å²) in [5, 5.41) is 0. The number of nitrogens with zero attached hydrogens (tertiary/aromatic N) is 2. The van der Waals surface area contributed by atoms with Crippen molar-refractivity contribution < 1.29 is 31.1 Å². The Bertz CT molecular complexity index is 959. The van der Waals surface area contributed by atoms with Crippen LogP contribution in [-0.4, -0.2) is 64.1 Å². The lowest BCUT2D eigenvalue weighted by molar-refractivity contribution is -0.138. The Balaban J connectivity index is 1.52. The van der Waals surface area contributed by atoms with Gasteiger partial charge in [0.25, 0.3) is 0 Å². The van der Waals surface area contributed by atoms with Crippen LogP contribution in [0.3, 0.4) is 0 Å². The van der Waals surface area contributed by atoms with E-state index in [1.807, 2.05) is 0 Å². The number of hydrogen-bond acceptors (Lipinski definition) is 5. The minimum Gasteiger partial charge on any atom is -0.492 e.